The van der Waals surface area contributed by atoms with Crippen molar-refractivity contribution in [2.24, 2.45) is 5.92 Å². The van der Waals surface area contributed by atoms with Gasteiger partial charge in [0.2, 0.25) is 0 Å². The number of nitro groups is 1. The summed E-state index contributed by atoms with van der Waals surface area (Å²) in [7, 11) is 0. The van der Waals surface area contributed by atoms with Crippen molar-refractivity contribution in [1.82, 2.24) is 0 Å². The molecule has 1 atom stereocenters. The number of furan rings is 1. The third kappa shape index (κ3) is 2.24. The maximum Gasteiger partial charge on any atom is 0.275 e. The van der Waals surface area contributed by atoms with Crippen LogP contribution in [-0.4, -0.2) is 10.0 Å². The van der Waals surface area contributed by atoms with Gasteiger partial charge in [-0.2, -0.15) is 0 Å². The summed E-state index contributed by atoms with van der Waals surface area (Å²) in [5, 5.41) is 21.2. The number of aliphatic hydroxyl groups is 1. The Morgan fingerprint density at radius 1 is 1.37 bits per heavy atom. The third-order valence-corrected chi connectivity index (χ3v) is 3.42. The van der Waals surface area contributed by atoms with Crippen LogP contribution in [-0.2, 0) is 0 Å². The van der Waals surface area contributed by atoms with E-state index in [4.69, 9.17) is 4.42 Å². The van der Waals surface area contributed by atoms with E-state index in [0.717, 1.165) is 18.4 Å². The molecular weight excluding hydrogens is 246 g/mol. The van der Waals surface area contributed by atoms with Crippen molar-refractivity contribution in [3.63, 3.8) is 0 Å². The van der Waals surface area contributed by atoms with Crippen LogP contribution in [0.1, 0.15) is 24.5 Å². The summed E-state index contributed by atoms with van der Waals surface area (Å²) in [6.07, 6.45) is 2.62. The lowest BCUT2D eigenvalue weighted by Gasteiger charge is -2.11. The van der Waals surface area contributed by atoms with Gasteiger partial charge in [-0.25, -0.2) is 0 Å². The van der Waals surface area contributed by atoms with E-state index in [-0.39, 0.29) is 11.6 Å². The Labute approximate surface area is 109 Å². The van der Waals surface area contributed by atoms with Crippen molar-refractivity contribution in [3.05, 3.63) is 52.3 Å². The molecule has 0 saturated heterocycles. The molecular formula is C14H13NO4. The molecule has 1 fully saturated rings. The fraction of sp³-hybridized carbons (Fsp3) is 0.286. The van der Waals surface area contributed by atoms with E-state index in [1.807, 2.05) is 0 Å². The molecule has 1 aliphatic carbocycles. The van der Waals surface area contributed by atoms with E-state index < -0.39 is 11.0 Å². The minimum Gasteiger partial charge on any atom is -0.464 e. The van der Waals surface area contributed by atoms with Crippen LogP contribution < -0.4 is 0 Å². The second-order valence-corrected chi connectivity index (χ2v) is 4.79. The monoisotopic (exact) mass is 259 g/mol. The largest absolute Gasteiger partial charge is 0.464 e. The molecule has 0 aliphatic heterocycles. The number of benzene rings is 1. The second-order valence-electron chi connectivity index (χ2n) is 4.79. The van der Waals surface area contributed by atoms with Crippen molar-refractivity contribution in [2.75, 3.05) is 0 Å². The van der Waals surface area contributed by atoms with E-state index in [1.165, 1.54) is 6.07 Å². The Bertz CT molecular complexity index is 602. The van der Waals surface area contributed by atoms with E-state index in [1.54, 1.807) is 30.5 Å². The Balaban J connectivity index is 2.06. The van der Waals surface area contributed by atoms with Gasteiger partial charge >= 0.3 is 0 Å². The molecule has 3 rings (SSSR count). The van der Waals surface area contributed by atoms with Gasteiger partial charge in [0.1, 0.15) is 5.76 Å². The summed E-state index contributed by atoms with van der Waals surface area (Å²) < 4.78 is 5.28. The zero-order valence-electron chi connectivity index (χ0n) is 10.2. The number of hydrogen-bond donors (Lipinski definition) is 1. The van der Waals surface area contributed by atoms with Gasteiger partial charge in [-0.05, 0) is 43.0 Å². The predicted molar refractivity (Wildman–Crippen MR) is 68.5 cm³/mol. The zero-order valence-corrected chi connectivity index (χ0v) is 10.2. The fourth-order valence-electron chi connectivity index (χ4n) is 2.22. The first kappa shape index (κ1) is 11.9. The highest BCUT2D eigenvalue weighted by Gasteiger charge is 2.34. The van der Waals surface area contributed by atoms with E-state index >= 15 is 0 Å². The van der Waals surface area contributed by atoms with Gasteiger partial charge < -0.3 is 9.52 Å². The molecule has 1 aromatic carbocycles. The Kier molecular flexibility index (Phi) is 2.83. The van der Waals surface area contributed by atoms with E-state index in [2.05, 4.69) is 0 Å². The van der Waals surface area contributed by atoms with E-state index in [9.17, 15) is 15.2 Å². The third-order valence-electron chi connectivity index (χ3n) is 3.42. The molecule has 0 spiro atoms. The summed E-state index contributed by atoms with van der Waals surface area (Å²) in [6.45, 7) is 0. The average Bonchev–Trinajstić information content (AvgIpc) is 3.12. The van der Waals surface area contributed by atoms with Crippen LogP contribution in [0.4, 0.5) is 5.69 Å². The topological polar surface area (TPSA) is 76.5 Å². The molecule has 1 unspecified atom stereocenters. The second kappa shape index (κ2) is 4.51. The number of hydrogen-bond acceptors (Lipinski definition) is 4. The Morgan fingerprint density at radius 3 is 2.74 bits per heavy atom. The maximum atomic E-state index is 11.0. The first-order valence-electron chi connectivity index (χ1n) is 6.17. The average molecular weight is 259 g/mol. The molecule has 1 aromatic heterocycles. The number of rotatable bonds is 4. The van der Waals surface area contributed by atoms with Crippen LogP contribution >= 0.6 is 0 Å². The highest BCUT2D eigenvalue weighted by molar-refractivity contribution is 5.62. The minimum atomic E-state index is -0.768. The lowest BCUT2D eigenvalue weighted by molar-refractivity contribution is -0.386. The molecule has 0 radical (unpaired) electrons. The Morgan fingerprint density at radius 2 is 2.16 bits per heavy atom. The molecule has 1 N–H and O–H groups in total. The van der Waals surface area contributed by atoms with Crippen molar-refractivity contribution >= 4 is 5.69 Å². The summed E-state index contributed by atoms with van der Waals surface area (Å²) in [5.74, 6) is 0.782. The summed E-state index contributed by atoms with van der Waals surface area (Å²) in [4.78, 5) is 10.6. The highest BCUT2D eigenvalue weighted by atomic mass is 16.6. The fourth-order valence-corrected chi connectivity index (χ4v) is 2.22. The predicted octanol–water partition coefficient (Wildman–Crippen LogP) is 3.30. The van der Waals surface area contributed by atoms with Gasteiger partial charge in [-0.15, -0.1) is 0 Å². The van der Waals surface area contributed by atoms with Gasteiger partial charge in [0, 0.05) is 11.6 Å². The lowest BCUT2D eigenvalue weighted by atomic mass is 9.99. The van der Waals surface area contributed by atoms with Crippen LogP contribution in [0.5, 0.6) is 0 Å². The first-order chi connectivity index (χ1) is 9.16. The van der Waals surface area contributed by atoms with Crippen molar-refractivity contribution in [1.29, 1.82) is 0 Å². The number of nitrogens with zero attached hydrogens (tertiary/aromatic N) is 1. The molecule has 0 bridgehead atoms. The van der Waals surface area contributed by atoms with Crippen molar-refractivity contribution in [2.45, 2.75) is 18.9 Å². The van der Waals surface area contributed by atoms with Gasteiger partial charge in [0.15, 0.2) is 0 Å². The summed E-state index contributed by atoms with van der Waals surface area (Å²) >= 11 is 0. The minimum absolute atomic E-state index is 0.0327. The zero-order chi connectivity index (χ0) is 13.4. The van der Waals surface area contributed by atoms with Crippen LogP contribution in [0.15, 0.2) is 41.0 Å². The van der Waals surface area contributed by atoms with Crippen LogP contribution in [0, 0.1) is 16.0 Å². The number of nitro benzene ring substituents is 1. The van der Waals surface area contributed by atoms with Crippen molar-refractivity contribution < 1.29 is 14.4 Å². The van der Waals surface area contributed by atoms with Gasteiger partial charge in [-0.1, -0.05) is 0 Å². The standard InChI is InChI=1S/C14H13NO4/c16-14(9-3-4-9)11-8-10(13-2-1-7-19-13)5-6-12(11)15(17)18/h1-2,5-9,14,16H,3-4H2. The van der Waals surface area contributed by atoms with Crippen LogP contribution in [0.2, 0.25) is 0 Å². The van der Waals surface area contributed by atoms with E-state index in [0.29, 0.717) is 11.3 Å². The summed E-state index contributed by atoms with van der Waals surface area (Å²) in [5.41, 5.74) is 1.08. The quantitative estimate of drug-likeness (QED) is 0.675. The highest BCUT2D eigenvalue weighted by Crippen LogP contribution is 2.44. The Hall–Kier alpha value is -2.14. The smallest absolute Gasteiger partial charge is 0.275 e. The van der Waals surface area contributed by atoms with Crippen LogP contribution in [0.3, 0.4) is 0 Å². The lowest BCUT2D eigenvalue weighted by Crippen LogP contribution is -2.04. The molecule has 1 aliphatic rings. The van der Waals surface area contributed by atoms with Crippen LogP contribution in [0.25, 0.3) is 11.3 Å². The van der Waals surface area contributed by atoms with Gasteiger partial charge in [-0.3, -0.25) is 10.1 Å². The number of aliphatic hydroxyl groups excluding tert-OH is 1. The maximum absolute atomic E-state index is 11.0. The molecule has 19 heavy (non-hydrogen) atoms. The molecule has 5 nitrogen and oxygen atoms in total. The molecule has 1 saturated carbocycles. The molecule has 1 heterocycles. The van der Waals surface area contributed by atoms with Gasteiger partial charge in [0.05, 0.1) is 22.9 Å². The SMILES string of the molecule is O=[N+]([O-])c1ccc(-c2ccco2)cc1C(O)C1CC1. The summed E-state index contributed by atoms with van der Waals surface area (Å²) in [6, 6.07) is 8.26. The normalized spacial score (nSPS) is 16.3. The molecule has 5 heteroatoms. The van der Waals surface area contributed by atoms with Crippen molar-refractivity contribution in [3.8, 4) is 11.3 Å². The molecule has 98 valence electrons. The first-order valence-corrected chi connectivity index (χ1v) is 6.17. The van der Waals surface area contributed by atoms with Gasteiger partial charge in [0.25, 0.3) is 5.69 Å². The molecule has 2 aromatic rings. The molecule has 0 amide bonds.